The monoisotopic (exact) mass is 218 g/mol. The van der Waals surface area contributed by atoms with Crippen LogP contribution in [0.5, 0.6) is 0 Å². The number of rotatable bonds is 8. The second-order valence-corrected chi connectivity index (χ2v) is 4.40. The van der Waals surface area contributed by atoms with Crippen LogP contribution in [0.2, 0.25) is 0 Å². The molecule has 0 bridgehead atoms. The van der Waals surface area contributed by atoms with E-state index in [4.69, 9.17) is 5.73 Å². The van der Waals surface area contributed by atoms with Gasteiger partial charge in [0, 0.05) is 13.0 Å². The second-order valence-electron chi connectivity index (χ2n) is 3.41. The molecule has 14 heavy (non-hydrogen) atoms. The van der Waals surface area contributed by atoms with Gasteiger partial charge >= 0.3 is 0 Å². The van der Waals surface area contributed by atoms with Gasteiger partial charge in [0.1, 0.15) is 0 Å². The van der Waals surface area contributed by atoms with Crippen LogP contribution in [-0.4, -0.2) is 31.0 Å². The van der Waals surface area contributed by atoms with E-state index in [0.717, 1.165) is 25.1 Å². The number of carbonyl (C=O) groups is 1. The smallest absolute Gasteiger partial charge is 0.220 e. The van der Waals surface area contributed by atoms with Gasteiger partial charge in [0.25, 0.3) is 0 Å². The van der Waals surface area contributed by atoms with Gasteiger partial charge in [-0.2, -0.15) is 11.8 Å². The highest BCUT2D eigenvalue weighted by Gasteiger charge is 2.09. The lowest BCUT2D eigenvalue weighted by Gasteiger charge is -2.11. The molecule has 0 radical (unpaired) electrons. The molecule has 0 aliphatic heterocycles. The van der Waals surface area contributed by atoms with Crippen molar-refractivity contribution < 1.29 is 4.79 Å². The molecule has 0 rings (SSSR count). The molecular weight excluding hydrogens is 196 g/mol. The molecule has 3 N–H and O–H groups in total. The van der Waals surface area contributed by atoms with Crippen LogP contribution < -0.4 is 11.1 Å². The predicted molar refractivity (Wildman–Crippen MR) is 63.5 cm³/mol. The highest BCUT2D eigenvalue weighted by Crippen LogP contribution is 2.05. The molecule has 4 heteroatoms. The Morgan fingerprint density at radius 3 is 2.79 bits per heavy atom. The number of nitrogens with two attached hydrogens (primary N) is 1. The molecule has 1 amide bonds. The minimum absolute atomic E-state index is 0.142. The molecule has 0 spiro atoms. The van der Waals surface area contributed by atoms with Crippen LogP contribution in [0, 0.1) is 5.92 Å². The van der Waals surface area contributed by atoms with Crippen molar-refractivity contribution in [2.24, 2.45) is 11.7 Å². The van der Waals surface area contributed by atoms with Crippen LogP contribution in [0.3, 0.4) is 0 Å². The summed E-state index contributed by atoms with van der Waals surface area (Å²) >= 11 is 1.80. The van der Waals surface area contributed by atoms with Gasteiger partial charge in [-0.1, -0.05) is 13.3 Å². The first-order valence-corrected chi connectivity index (χ1v) is 6.59. The third kappa shape index (κ3) is 7.21. The Labute approximate surface area is 91.2 Å². The van der Waals surface area contributed by atoms with Crippen molar-refractivity contribution >= 4 is 17.7 Å². The van der Waals surface area contributed by atoms with Gasteiger partial charge in [0.05, 0.1) is 0 Å². The zero-order valence-corrected chi connectivity index (χ0v) is 10.0. The molecule has 3 nitrogen and oxygen atoms in total. The normalized spacial score (nSPS) is 12.5. The fraction of sp³-hybridized carbons (Fsp3) is 0.900. The highest BCUT2D eigenvalue weighted by atomic mass is 32.2. The van der Waals surface area contributed by atoms with E-state index in [1.54, 1.807) is 11.8 Å². The number of amides is 1. The lowest BCUT2D eigenvalue weighted by atomic mass is 10.0. The molecule has 1 unspecified atom stereocenters. The van der Waals surface area contributed by atoms with Crippen molar-refractivity contribution in [3.05, 3.63) is 0 Å². The third-order valence-corrected chi connectivity index (χ3v) is 2.93. The quantitative estimate of drug-likeness (QED) is 0.603. The first kappa shape index (κ1) is 13.8. The van der Waals surface area contributed by atoms with Crippen LogP contribution in [0.1, 0.15) is 26.2 Å². The standard InChI is InChI=1S/C10H22N2OS/c1-3-9(8-11)7-10(13)12-5-4-6-14-2/h9H,3-8,11H2,1-2H3,(H,12,13). The van der Waals surface area contributed by atoms with Crippen molar-refractivity contribution in [2.75, 3.05) is 25.1 Å². The Morgan fingerprint density at radius 2 is 2.29 bits per heavy atom. The van der Waals surface area contributed by atoms with Crippen molar-refractivity contribution in [1.29, 1.82) is 0 Å². The average molecular weight is 218 g/mol. The van der Waals surface area contributed by atoms with E-state index in [2.05, 4.69) is 18.5 Å². The summed E-state index contributed by atoms with van der Waals surface area (Å²) in [4.78, 5) is 11.4. The molecule has 0 saturated carbocycles. The van der Waals surface area contributed by atoms with E-state index in [-0.39, 0.29) is 5.91 Å². The first-order chi connectivity index (χ1) is 6.74. The second kappa shape index (κ2) is 9.34. The number of hydrogen-bond donors (Lipinski definition) is 2. The maximum absolute atomic E-state index is 11.4. The fourth-order valence-electron chi connectivity index (χ4n) is 1.17. The van der Waals surface area contributed by atoms with Gasteiger partial charge in [0.2, 0.25) is 5.91 Å². The molecule has 0 heterocycles. The maximum Gasteiger partial charge on any atom is 0.220 e. The zero-order chi connectivity index (χ0) is 10.8. The minimum Gasteiger partial charge on any atom is -0.356 e. The average Bonchev–Trinajstić information content (AvgIpc) is 2.21. The highest BCUT2D eigenvalue weighted by molar-refractivity contribution is 7.98. The summed E-state index contributed by atoms with van der Waals surface area (Å²) in [5, 5.41) is 2.91. The molecule has 0 fully saturated rings. The van der Waals surface area contributed by atoms with Crippen LogP contribution >= 0.6 is 11.8 Å². The van der Waals surface area contributed by atoms with E-state index in [1.165, 1.54) is 0 Å². The third-order valence-electron chi connectivity index (χ3n) is 2.23. The number of carbonyl (C=O) groups excluding carboxylic acids is 1. The number of thioether (sulfide) groups is 1. The SMILES string of the molecule is CCC(CN)CC(=O)NCCCSC. The molecule has 0 aromatic heterocycles. The summed E-state index contributed by atoms with van der Waals surface area (Å²) in [5.41, 5.74) is 5.52. The summed E-state index contributed by atoms with van der Waals surface area (Å²) in [7, 11) is 0. The summed E-state index contributed by atoms with van der Waals surface area (Å²) in [5.74, 6) is 1.59. The lowest BCUT2D eigenvalue weighted by molar-refractivity contribution is -0.121. The Kier molecular flexibility index (Phi) is 9.19. The van der Waals surface area contributed by atoms with Crippen LogP contribution in [0.4, 0.5) is 0 Å². The van der Waals surface area contributed by atoms with Gasteiger partial charge in [0.15, 0.2) is 0 Å². The zero-order valence-electron chi connectivity index (χ0n) is 9.21. The summed E-state index contributed by atoms with van der Waals surface area (Å²) < 4.78 is 0. The molecule has 0 aliphatic rings. The van der Waals surface area contributed by atoms with E-state index in [1.807, 2.05) is 0 Å². The Balaban J connectivity index is 3.44. The summed E-state index contributed by atoms with van der Waals surface area (Å²) in [6, 6.07) is 0. The molecule has 0 saturated heterocycles. The van der Waals surface area contributed by atoms with Crippen molar-refractivity contribution in [2.45, 2.75) is 26.2 Å². The van der Waals surface area contributed by atoms with E-state index in [9.17, 15) is 4.79 Å². The largest absolute Gasteiger partial charge is 0.356 e. The molecule has 84 valence electrons. The summed E-state index contributed by atoms with van der Waals surface area (Å²) in [6.45, 7) is 3.47. The van der Waals surface area contributed by atoms with Crippen molar-refractivity contribution in [3.63, 3.8) is 0 Å². The minimum atomic E-state index is 0.142. The topological polar surface area (TPSA) is 55.1 Å². The molecule has 0 aromatic carbocycles. The molecular formula is C10H22N2OS. The van der Waals surface area contributed by atoms with Gasteiger partial charge in [-0.3, -0.25) is 4.79 Å². The van der Waals surface area contributed by atoms with Gasteiger partial charge < -0.3 is 11.1 Å². The maximum atomic E-state index is 11.4. The van der Waals surface area contributed by atoms with Gasteiger partial charge in [-0.05, 0) is 30.9 Å². The molecule has 0 aromatic rings. The van der Waals surface area contributed by atoms with Crippen molar-refractivity contribution in [1.82, 2.24) is 5.32 Å². The van der Waals surface area contributed by atoms with Crippen molar-refractivity contribution in [3.8, 4) is 0 Å². The number of hydrogen-bond acceptors (Lipinski definition) is 3. The summed E-state index contributed by atoms with van der Waals surface area (Å²) in [6.07, 6.45) is 4.68. The Hall–Kier alpha value is -0.220. The van der Waals surface area contributed by atoms with Crippen LogP contribution in [0.15, 0.2) is 0 Å². The first-order valence-electron chi connectivity index (χ1n) is 5.20. The Bertz CT molecular complexity index is 149. The van der Waals surface area contributed by atoms with Crippen LogP contribution in [-0.2, 0) is 4.79 Å². The molecule has 1 atom stereocenters. The lowest BCUT2D eigenvalue weighted by Crippen LogP contribution is -2.28. The van der Waals surface area contributed by atoms with Crippen LogP contribution in [0.25, 0.3) is 0 Å². The van der Waals surface area contributed by atoms with Gasteiger partial charge in [-0.25, -0.2) is 0 Å². The Morgan fingerprint density at radius 1 is 1.57 bits per heavy atom. The van der Waals surface area contributed by atoms with E-state index in [0.29, 0.717) is 18.9 Å². The van der Waals surface area contributed by atoms with Gasteiger partial charge in [-0.15, -0.1) is 0 Å². The van der Waals surface area contributed by atoms with E-state index < -0.39 is 0 Å². The molecule has 0 aliphatic carbocycles. The van der Waals surface area contributed by atoms with E-state index >= 15 is 0 Å². The number of nitrogens with one attached hydrogen (secondary N) is 1. The predicted octanol–water partition coefficient (Wildman–Crippen LogP) is 1.23. The fourth-order valence-corrected chi connectivity index (χ4v) is 1.61.